The van der Waals surface area contributed by atoms with Gasteiger partial charge in [-0.3, -0.25) is 9.59 Å². The molecule has 24 heavy (non-hydrogen) atoms. The summed E-state index contributed by atoms with van der Waals surface area (Å²) in [5, 5.41) is 5.89. The van der Waals surface area contributed by atoms with Gasteiger partial charge < -0.3 is 10.6 Å². The number of anilines is 1. The lowest BCUT2D eigenvalue weighted by Gasteiger charge is -2.08. The van der Waals surface area contributed by atoms with Gasteiger partial charge in [-0.25, -0.2) is 4.39 Å². The molecular weight excluding hydrogens is 307 g/mol. The van der Waals surface area contributed by atoms with Crippen LogP contribution in [0.1, 0.15) is 29.3 Å². The lowest BCUT2D eigenvalue weighted by molar-refractivity contribution is -0.120. The highest BCUT2D eigenvalue weighted by Gasteiger charge is 2.04. The second-order valence-corrected chi connectivity index (χ2v) is 5.51. The number of halogens is 1. The van der Waals surface area contributed by atoms with E-state index in [0.717, 1.165) is 5.69 Å². The van der Waals surface area contributed by atoms with E-state index >= 15 is 0 Å². The highest BCUT2D eigenvalue weighted by molar-refractivity contribution is 5.94. The maximum atomic E-state index is 13.4. The SMILES string of the molecule is CC(=O)c1cccc(NCCC(=O)NCCc2ccccc2F)c1. The number of amides is 1. The maximum Gasteiger partial charge on any atom is 0.221 e. The molecule has 0 saturated carbocycles. The van der Waals surface area contributed by atoms with E-state index in [4.69, 9.17) is 0 Å². The summed E-state index contributed by atoms with van der Waals surface area (Å²) in [4.78, 5) is 23.1. The van der Waals surface area contributed by atoms with E-state index in [1.165, 1.54) is 13.0 Å². The zero-order valence-electron chi connectivity index (χ0n) is 13.6. The normalized spacial score (nSPS) is 10.2. The first-order valence-corrected chi connectivity index (χ1v) is 7.91. The molecule has 0 bridgehead atoms. The Labute approximate surface area is 141 Å². The van der Waals surface area contributed by atoms with Gasteiger partial charge in [-0.05, 0) is 37.1 Å². The van der Waals surface area contributed by atoms with Gasteiger partial charge in [0.15, 0.2) is 5.78 Å². The molecule has 0 aliphatic rings. The molecule has 0 heterocycles. The number of ketones is 1. The molecule has 2 rings (SSSR count). The van der Waals surface area contributed by atoms with Crippen molar-refractivity contribution in [3.63, 3.8) is 0 Å². The quantitative estimate of drug-likeness (QED) is 0.732. The molecule has 126 valence electrons. The topological polar surface area (TPSA) is 58.2 Å². The lowest BCUT2D eigenvalue weighted by atomic mass is 10.1. The Hall–Kier alpha value is -2.69. The second kappa shape index (κ2) is 8.82. The van der Waals surface area contributed by atoms with E-state index in [1.54, 1.807) is 36.4 Å². The largest absolute Gasteiger partial charge is 0.385 e. The van der Waals surface area contributed by atoms with Crippen molar-refractivity contribution in [3.05, 3.63) is 65.5 Å². The molecule has 0 radical (unpaired) electrons. The molecule has 2 N–H and O–H groups in total. The Morgan fingerprint density at radius 1 is 1.04 bits per heavy atom. The number of rotatable bonds is 8. The van der Waals surface area contributed by atoms with Crippen molar-refractivity contribution in [2.24, 2.45) is 0 Å². The molecule has 2 aromatic rings. The Bertz CT molecular complexity index is 716. The Kier molecular flexibility index (Phi) is 6.49. The van der Waals surface area contributed by atoms with Crippen LogP contribution in [0.3, 0.4) is 0 Å². The average Bonchev–Trinajstić information content (AvgIpc) is 2.57. The fourth-order valence-corrected chi connectivity index (χ4v) is 2.29. The van der Waals surface area contributed by atoms with E-state index in [0.29, 0.717) is 37.1 Å². The number of hydrogen-bond acceptors (Lipinski definition) is 3. The predicted octanol–water partition coefficient (Wildman–Crippen LogP) is 3.19. The fraction of sp³-hybridized carbons (Fsp3) is 0.263. The minimum absolute atomic E-state index is 0.00420. The Morgan fingerprint density at radius 2 is 1.83 bits per heavy atom. The van der Waals surface area contributed by atoms with Crippen molar-refractivity contribution in [2.75, 3.05) is 18.4 Å². The standard InChI is InChI=1S/C19H21FN2O2/c1-14(23)16-6-4-7-17(13-16)21-12-10-19(24)22-11-9-15-5-2-3-8-18(15)20/h2-8,13,21H,9-12H2,1H3,(H,22,24). The third-order valence-corrected chi connectivity index (χ3v) is 3.62. The smallest absolute Gasteiger partial charge is 0.221 e. The number of hydrogen-bond donors (Lipinski definition) is 2. The predicted molar refractivity (Wildman–Crippen MR) is 92.7 cm³/mol. The molecule has 0 aromatic heterocycles. The zero-order valence-corrected chi connectivity index (χ0v) is 13.6. The van der Waals surface area contributed by atoms with Crippen LogP contribution in [-0.4, -0.2) is 24.8 Å². The van der Waals surface area contributed by atoms with Crippen molar-refractivity contribution in [1.82, 2.24) is 5.32 Å². The monoisotopic (exact) mass is 328 g/mol. The molecule has 4 nitrogen and oxygen atoms in total. The third-order valence-electron chi connectivity index (χ3n) is 3.62. The highest BCUT2D eigenvalue weighted by atomic mass is 19.1. The molecule has 0 aliphatic carbocycles. The van der Waals surface area contributed by atoms with Crippen LogP contribution >= 0.6 is 0 Å². The molecule has 0 unspecified atom stereocenters. The van der Waals surface area contributed by atoms with Gasteiger partial charge in [-0.2, -0.15) is 0 Å². The molecule has 0 atom stereocenters. The molecule has 2 aromatic carbocycles. The van der Waals surface area contributed by atoms with Crippen LogP contribution in [0.15, 0.2) is 48.5 Å². The van der Waals surface area contributed by atoms with Crippen LogP contribution in [-0.2, 0) is 11.2 Å². The van der Waals surface area contributed by atoms with Gasteiger partial charge in [0, 0.05) is 30.8 Å². The number of carbonyl (C=O) groups is 2. The first kappa shape index (κ1) is 17.7. The zero-order chi connectivity index (χ0) is 17.4. The van der Waals surface area contributed by atoms with Gasteiger partial charge in [-0.1, -0.05) is 30.3 Å². The van der Waals surface area contributed by atoms with Crippen LogP contribution in [0.25, 0.3) is 0 Å². The minimum atomic E-state index is -0.251. The van der Waals surface area contributed by atoms with Crippen molar-refractivity contribution < 1.29 is 14.0 Å². The number of benzene rings is 2. The summed E-state index contributed by atoms with van der Waals surface area (Å²) in [5.41, 5.74) is 2.04. The highest BCUT2D eigenvalue weighted by Crippen LogP contribution is 2.11. The van der Waals surface area contributed by atoms with Crippen molar-refractivity contribution >= 4 is 17.4 Å². The second-order valence-electron chi connectivity index (χ2n) is 5.51. The van der Waals surface area contributed by atoms with Crippen LogP contribution in [0.2, 0.25) is 0 Å². The summed E-state index contributed by atoms with van der Waals surface area (Å²) >= 11 is 0. The van der Waals surface area contributed by atoms with Crippen molar-refractivity contribution in [3.8, 4) is 0 Å². The molecule has 5 heteroatoms. The van der Waals surface area contributed by atoms with Gasteiger partial charge >= 0.3 is 0 Å². The third kappa shape index (κ3) is 5.50. The van der Waals surface area contributed by atoms with Gasteiger partial charge in [-0.15, -0.1) is 0 Å². The maximum absolute atomic E-state index is 13.4. The van der Waals surface area contributed by atoms with Gasteiger partial charge in [0.25, 0.3) is 0 Å². The summed E-state index contributed by atoms with van der Waals surface area (Å²) in [7, 11) is 0. The molecule has 0 saturated heterocycles. The van der Waals surface area contributed by atoms with E-state index in [9.17, 15) is 14.0 Å². The van der Waals surface area contributed by atoms with Crippen LogP contribution in [0.4, 0.5) is 10.1 Å². The summed E-state index contributed by atoms with van der Waals surface area (Å²) in [6.07, 6.45) is 0.772. The van der Waals surface area contributed by atoms with Gasteiger partial charge in [0.1, 0.15) is 5.82 Å². The molecule has 0 fully saturated rings. The summed E-state index contributed by atoms with van der Waals surface area (Å²) in [6, 6.07) is 13.7. The first-order chi connectivity index (χ1) is 11.6. The Morgan fingerprint density at radius 3 is 2.58 bits per heavy atom. The van der Waals surface area contributed by atoms with Crippen LogP contribution in [0.5, 0.6) is 0 Å². The summed E-state index contributed by atoms with van der Waals surface area (Å²) < 4.78 is 13.4. The van der Waals surface area contributed by atoms with E-state index in [2.05, 4.69) is 10.6 Å². The van der Waals surface area contributed by atoms with E-state index in [-0.39, 0.29) is 17.5 Å². The van der Waals surface area contributed by atoms with Crippen LogP contribution < -0.4 is 10.6 Å². The lowest BCUT2D eigenvalue weighted by Crippen LogP contribution is -2.27. The number of nitrogens with one attached hydrogen (secondary N) is 2. The van der Waals surface area contributed by atoms with Crippen LogP contribution in [0, 0.1) is 5.82 Å². The van der Waals surface area contributed by atoms with E-state index in [1.807, 2.05) is 6.07 Å². The van der Waals surface area contributed by atoms with Crippen molar-refractivity contribution in [1.29, 1.82) is 0 Å². The number of carbonyl (C=O) groups excluding carboxylic acids is 2. The molecule has 1 amide bonds. The van der Waals surface area contributed by atoms with Gasteiger partial charge in [0.05, 0.1) is 0 Å². The minimum Gasteiger partial charge on any atom is -0.385 e. The average molecular weight is 328 g/mol. The number of Topliss-reactive ketones (excluding diaryl/α,β-unsaturated/α-hetero) is 1. The Balaban J connectivity index is 1.69. The van der Waals surface area contributed by atoms with E-state index < -0.39 is 0 Å². The first-order valence-electron chi connectivity index (χ1n) is 7.91. The summed E-state index contributed by atoms with van der Waals surface area (Å²) in [5.74, 6) is -0.343. The molecule has 0 aliphatic heterocycles. The molecular formula is C19H21FN2O2. The fourth-order valence-electron chi connectivity index (χ4n) is 2.29. The summed E-state index contributed by atoms with van der Waals surface area (Å²) in [6.45, 7) is 2.38. The van der Waals surface area contributed by atoms with Crippen molar-refractivity contribution in [2.45, 2.75) is 19.8 Å². The van der Waals surface area contributed by atoms with Gasteiger partial charge in [0.2, 0.25) is 5.91 Å². The molecule has 0 spiro atoms.